The number of nitrogens with one attached hydrogen (secondary N) is 4. The van der Waals surface area contributed by atoms with E-state index in [2.05, 4.69) is 43.3 Å². The minimum Gasteiger partial charge on any atom is -0.483 e. The van der Waals surface area contributed by atoms with Crippen molar-refractivity contribution in [1.82, 2.24) is 30.6 Å². The Morgan fingerprint density at radius 2 is 1.73 bits per heavy atom. The van der Waals surface area contributed by atoms with Gasteiger partial charge in [-0.1, -0.05) is 85.0 Å². The number of carbonyl (C=O) groups is 4. The van der Waals surface area contributed by atoms with E-state index in [0.717, 1.165) is 73.5 Å². The predicted molar refractivity (Wildman–Crippen MR) is 219 cm³/mol. The summed E-state index contributed by atoms with van der Waals surface area (Å²) in [4.78, 5) is 63.1. The topological polar surface area (TPSA) is 176 Å². The van der Waals surface area contributed by atoms with Crippen LogP contribution in [0.15, 0.2) is 36.4 Å². The Hall–Kier alpha value is -3.47. The number of carbonyl (C=O) groups excluding carboxylic acids is 4. The SMILES string of the molecule is Cc1nc2ccccc2c2c1O[C@]1(CC2)C[C@H]2C(=O)N[C@@]3(I)C(C(=O)NS(=O)(=O)C4(C)CC4)[C@H]3/C=C\CCCCC[C@H](NC(=O)NC3CCCCC3)C(=O)N2C1. The second-order valence-electron chi connectivity index (χ2n) is 17.2. The molecule has 1 saturated heterocycles. The molecule has 2 aromatic rings. The summed E-state index contributed by atoms with van der Waals surface area (Å²) in [7, 11) is -3.89. The first kappa shape index (κ1) is 39.4. The van der Waals surface area contributed by atoms with Gasteiger partial charge in [0.2, 0.25) is 27.7 Å². The summed E-state index contributed by atoms with van der Waals surface area (Å²) >= 11 is 2.08. The number of rotatable bonds is 5. The molecule has 1 spiro atoms. The minimum atomic E-state index is -3.89. The van der Waals surface area contributed by atoms with Gasteiger partial charge in [0.1, 0.15) is 27.0 Å². The molecular weight excluding hydrogens is 847 g/mol. The zero-order valence-corrected chi connectivity index (χ0v) is 35.2. The molecule has 4 N–H and O–H groups in total. The molecule has 8 rings (SSSR count). The number of sulfonamides is 1. The highest BCUT2D eigenvalue weighted by Gasteiger charge is 2.68. The van der Waals surface area contributed by atoms with Crippen LogP contribution in [-0.2, 0) is 30.8 Å². The van der Waals surface area contributed by atoms with E-state index in [1.54, 1.807) is 11.8 Å². The van der Waals surface area contributed by atoms with Crippen molar-refractivity contribution in [2.24, 2.45) is 11.8 Å². The number of allylic oxidation sites excluding steroid dienone is 1. The quantitative estimate of drug-likeness (QED) is 0.137. The molecule has 5 amide bonds. The van der Waals surface area contributed by atoms with Crippen LogP contribution in [0.2, 0.25) is 0 Å². The van der Waals surface area contributed by atoms with Gasteiger partial charge >= 0.3 is 6.03 Å². The van der Waals surface area contributed by atoms with Crippen LogP contribution < -0.4 is 25.4 Å². The highest BCUT2D eigenvalue weighted by atomic mass is 127. The molecule has 3 saturated carbocycles. The third kappa shape index (κ3) is 7.50. The number of amides is 5. The van der Waals surface area contributed by atoms with Crippen molar-refractivity contribution >= 4 is 67.3 Å². The van der Waals surface area contributed by atoms with Crippen molar-refractivity contribution in [2.45, 2.75) is 142 Å². The fraction of sp³-hybridized carbons (Fsp3) is 0.634. The highest BCUT2D eigenvalue weighted by Crippen LogP contribution is 2.57. The van der Waals surface area contributed by atoms with Crippen LogP contribution in [0.5, 0.6) is 5.75 Å². The van der Waals surface area contributed by atoms with Gasteiger partial charge in [-0.05, 0) is 77.7 Å². The molecule has 1 unspecified atom stereocenters. The first-order valence-corrected chi connectivity index (χ1v) is 23.0. The van der Waals surface area contributed by atoms with E-state index in [1.807, 2.05) is 43.3 Å². The fourth-order valence-electron chi connectivity index (χ4n) is 9.38. The van der Waals surface area contributed by atoms with Gasteiger partial charge < -0.3 is 25.6 Å². The second kappa shape index (κ2) is 15.0. The molecule has 0 bridgehead atoms. The highest BCUT2D eigenvalue weighted by molar-refractivity contribution is 14.1. The maximum Gasteiger partial charge on any atom is 0.315 e. The number of hydrogen-bond acceptors (Lipinski definition) is 8. The normalized spacial score (nSPS) is 32.4. The number of benzene rings is 1. The molecule has 1 aromatic carbocycles. The number of aromatic nitrogens is 1. The summed E-state index contributed by atoms with van der Waals surface area (Å²) in [5.41, 5.74) is 1.78. The van der Waals surface area contributed by atoms with Crippen molar-refractivity contribution in [3.8, 4) is 5.75 Å². The van der Waals surface area contributed by atoms with Crippen LogP contribution in [0.3, 0.4) is 0 Å². The van der Waals surface area contributed by atoms with Gasteiger partial charge in [-0.15, -0.1) is 0 Å². The molecule has 4 heterocycles. The largest absolute Gasteiger partial charge is 0.483 e. The number of nitrogens with zero attached hydrogens (tertiary/aromatic N) is 2. The minimum absolute atomic E-state index is 0.0590. The smallest absolute Gasteiger partial charge is 0.315 e. The standard InChI is InChI=1S/C41H53IN6O7S/c1-25-34-28(27-15-11-12-17-30(27)43-25)19-20-40(55-34)23-32-35(49)46-41(42)29(33(41)36(50)47-56(53,54)39(2)21-22-39)16-9-4-3-5-10-18-31(37(51)48(32)24-40)45-38(52)44-26-13-7-6-8-14-26/h9,11-12,15-17,26,29,31-33H,3-8,10,13-14,18-24H2,1-2H3,(H,46,49)(H,47,50)(H2,44,45,52)/b16-9-/t29-,31+,32+,33?,40-,41-/m1/s1. The monoisotopic (exact) mass is 900 g/mol. The number of para-hydroxylation sites is 1. The number of ether oxygens (including phenoxy) is 1. The molecular formula is C41H53IN6O7S. The number of urea groups is 1. The lowest BCUT2D eigenvalue weighted by Gasteiger charge is -2.36. The Bertz CT molecular complexity index is 2070. The summed E-state index contributed by atoms with van der Waals surface area (Å²) in [6.45, 7) is 3.68. The molecule has 56 heavy (non-hydrogen) atoms. The van der Waals surface area contributed by atoms with Crippen molar-refractivity contribution < 1.29 is 32.3 Å². The van der Waals surface area contributed by atoms with Gasteiger partial charge in [0, 0.05) is 29.3 Å². The van der Waals surface area contributed by atoms with Gasteiger partial charge in [0.25, 0.3) is 0 Å². The van der Waals surface area contributed by atoms with E-state index in [9.17, 15) is 27.6 Å². The van der Waals surface area contributed by atoms with Crippen molar-refractivity contribution in [3.05, 3.63) is 47.7 Å². The lowest BCUT2D eigenvalue weighted by atomic mass is 9.87. The van der Waals surface area contributed by atoms with E-state index in [1.165, 1.54) is 0 Å². The summed E-state index contributed by atoms with van der Waals surface area (Å²) < 4.78 is 33.4. The van der Waals surface area contributed by atoms with E-state index >= 15 is 0 Å². The van der Waals surface area contributed by atoms with Gasteiger partial charge in [-0.25, -0.2) is 18.2 Å². The maximum atomic E-state index is 14.8. The number of fused-ring (bicyclic) bond motifs is 5. The Balaban J connectivity index is 1.10. The summed E-state index contributed by atoms with van der Waals surface area (Å²) in [6, 6.07) is 5.81. The van der Waals surface area contributed by atoms with Crippen LogP contribution in [0.4, 0.5) is 4.79 Å². The first-order valence-electron chi connectivity index (χ1n) is 20.4. The molecule has 302 valence electrons. The number of pyridine rings is 1. The zero-order chi connectivity index (χ0) is 39.5. The van der Waals surface area contributed by atoms with Crippen LogP contribution in [0, 0.1) is 18.8 Å². The average Bonchev–Trinajstić information content (AvgIpc) is 4.01. The third-order valence-electron chi connectivity index (χ3n) is 13.1. The van der Waals surface area contributed by atoms with Gasteiger partial charge in [-0.3, -0.25) is 19.1 Å². The average molecular weight is 901 g/mol. The number of aryl methyl sites for hydroxylation is 2. The molecule has 1 aromatic heterocycles. The van der Waals surface area contributed by atoms with E-state index < -0.39 is 59.7 Å². The number of hydrogen-bond donors (Lipinski definition) is 4. The van der Waals surface area contributed by atoms with Crippen molar-refractivity contribution in [2.75, 3.05) is 6.54 Å². The first-order chi connectivity index (χ1) is 26.7. The van der Waals surface area contributed by atoms with Crippen molar-refractivity contribution in [1.29, 1.82) is 0 Å². The molecule has 3 aliphatic carbocycles. The Morgan fingerprint density at radius 3 is 2.50 bits per heavy atom. The molecule has 6 aliphatic rings. The summed E-state index contributed by atoms with van der Waals surface area (Å²) in [5.74, 6) is -2.03. The van der Waals surface area contributed by atoms with Crippen LogP contribution >= 0.6 is 22.6 Å². The lowest BCUT2D eigenvalue weighted by Crippen LogP contribution is -2.57. The fourth-order valence-corrected chi connectivity index (χ4v) is 12.0. The van der Waals surface area contributed by atoms with Crippen LogP contribution in [-0.4, -0.2) is 80.6 Å². The van der Waals surface area contributed by atoms with Gasteiger partial charge in [-0.2, -0.15) is 0 Å². The van der Waals surface area contributed by atoms with Crippen LogP contribution in [0.1, 0.15) is 108 Å². The van der Waals surface area contributed by atoms with Crippen molar-refractivity contribution in [3.63, 3.8) is 0 Å². The molecule has 15 heteroatoms. The lowest BCUT2D eigenvalue weighted by molar-refractivity contribution is -0.140. The van der Waals surface area contributed by atoms with Crippen LogP contribution in [0.25, 0.3) is 10.9 Å². The van der Waals surface area contributed by atoms with Gasteiger partial charge in [0.15, 0.2) is 0 Å². The maximum absolute atomic E-state index is 14.8. The summed E-state index contributed by atoms with van der Waals surface area (Å²) in [6.07, 6.45) is 14.9. The molecule has 3 aliphatic heterocycles. The van der Waals surface area contributed by atoms with E-state index in [0.29, 0.717) is 44.3 Å². The van der Waals surface area contributed by atoms with Gasteiger partial charge in [0.05, 0.1) is 28.4 Å². The third-order valence-corrected chi connectivity index (χ3v) is 17.0. The van der Waals surface area contributed by atoms with E-state index in [4.69, 9.17) is 9.72 Å². The predicted octanol–water partition coefficient (Wildman–Crippen LogP) is 5.22. The number of alkyl halides is 1. The zero-order valence-electron chi connectivity index (χ0n) is 32.2. The molecule has 0 radical (unpaired) electrons. The van der Waals surface area contributed by atoms with E-state index in [-0.39, 0.29) is 30.9 Å². The molecule has 4 fully saturated rings. The Kier molecular flexibility index (Phi) is 10.6. The number of halogens is 1. The molecule has 13 nitrogen and oxygen atoms in total. The second-order valence-corrected chi connectivity index (χ2v) is 21.2. The summed E-state index contributed by atoms with van der Waals surface area (Å²) in [5, 5.41) is 10.2. The molecule has 6 atom stereocenters. The Morgan fingerprint density at radius 1 is 1.00 bits per heavy atom. The Labute approximate surface area is 342 Å².